The number of anilines is 1. The molecule has 0 atom stereocenters. The number of hydrogen-bond donors (Lipinski definition) is 1. The van der Waals surface area contributed by atoms with Crippen molar-refractivity contribution < 1.29 is 0 Å². The van der Waals surface area contributed by atoms with Crippen molar-refractivity contribution in [3.8, 4) is 0 Å². The Balaban J connectivity index is 2.29. The van der Waals surface area contributed by atoms with Crippen molar-refractivity contribution in [2.75, 3.05) is 5.73 Å². The number of nitrogens with zero attached hydrogens (tertiary/aromatic N) is 2. The lowest BCUT2D eigenvalue weighted by atomic mass is 9.84. The van der Waals surface area contributed by atoms with Crippen LogP contribution in [-0.4, -0.2) is 9.78 Å². The summed E-state index contributed by atoms with van der Waals surface area (Å²) < 4.78 is 1.80. The summed E-state index contributed by atoms with van der Waals surface area (Å²) >= 11 is 0. The van der Waals surface area contributed by atoms with E-state index in [1.165, 1.54) is 37.7 Å². The molecule has 3 nitrogen and oxygen atoms in total. The van der Waals surface area contributed by atoms with Gasteiger partial charge in [-0.15, -0.1) is 0 Å². The van der Waals surface area contributed by atoms with Gasteiger partial charge >= 0.3 is 0 Å². The molecule has 14 heavy (non-hydrogen) atoms. The van der Waals surface area contributed by atoms with Crippen molar-refractivity contribution in [1.29, 1.82) is 0 Å². The molecule has 0 spiro atoms. The van der Waals surface area contributed by atoms with Crippen LogP contribution < -0.4 is 5.73 Å². The van der Waals surface area contributed by atoms with E-state index < -0.39 is 0 Å². The van der Waals surface area contributed by atoms with Gasteiger partial charge in [-0.25, -0.2) is 0 Å². The first-order chi connectivity index (χ1) is 6.70. The molecule has 0 amide bonds. The lowest BCUT2D eigenvalue weighted by Gasteiger charge is -2.21. The Labute approximate surface area is 85.3 Å². The third-order valence-electron chi connectivity index (χ3n) is 3.33. The minimum Gasteiger partial charge on any atom is -0.384 e. The number of aromatic nitrogens is 2. The Morgan fingerprint density at radius 1 is 1.29 bits per heavy atom. The number of rotatable bonds is 1. The maximum absolute atomic E-state index is 6.03. The van der Waals surface area contributed by atoms with Gasteiger partial charge in [-0.3, -0.25) is 4.68 Å². The minimum absolute atomic E-state index is 0.664. The second-order valence-electron chi connectivity index (χ2n) is 4.34. The van der Waals surface area contributed by atoms with Crippen LogP contribution in [0.15, 0.2) is 0 Å². The largest absolute Gasteiger partial charge is 0.384 e. The van der Waals surface area contributed by atoms with Crippen LogP contribution in [0.25, 0.3) is 0 Å². The van der Waals surface area contributed by atoms with Crippen molar-refractivity contribution >= 4 is 5.82 Å². The highest BCUT2D eigenvalue weighted by atomic mass is 15.3. The van der Waals surface area contributed by atoms with Gasteiger partial charge in [0.15, 0.2) is 0 Å². The second-order valence-corrected chi connectivity index (χ2v) is 4.34. The van der Waals surface area contributed by atoms with Gasteiger partial charge < -0.3 is 5.73 Å². The van der Waals surface area contributed by atoms with Crippen molar-refractivity contribution in [3.05, 3.63) is 11.3 Å². The van der Waals surface area contributed by atoms with Gasteiger partial charge in [0.2, 0.25) is 0 Å². The Hall–Kier alpha value is -0.990. The molecule has 0 unspecified atom stereocenters. The van der Waals surface area contributed by atoms with Crippen molar-refractivity contribution in [2.24, 2.45) is 7.05 Å². The van der Waals surface area contributed by atoms with Gasteiger partial charge in [0.05, 0.1) is 5.69 Å². The number of hydrogen-bond acceptors (Lipinski definition) is 2. The van der Waals surface area contributed by atoms with Crippen LogP contribution in [0.3, 0.4) is 0 Å². The summed E-state index contributed by atoms with van der Waals surface area (Å²) in [6.07, 6.45) is 6.65. The molecule has 3 heteroatoms. The summed E-state index contributed by atoms with van der Waals surface area (Å²) in [5, 5.41) is 4.38. The van der Waals surface area contributed by atoms with Gasteiger partial charge in [-0.05, 0) is 25.7 Å². The van der Waals surface area contributed by atoms with E-state index >= 15 is 0 Å². The zero-order chi connectivity index (χ0) is 10.1. The first-order valence-electron chi connectivity index (χ1n) is 5.49. The fourth-order valence-corrected chi connectivity index (χ4v) is 2.59. The van der Waals surface area contributed by atoms with Crippen molar-refractivity contribution in [1.82, 2.24) is 9.78 Å². The molecule has 0 aliphatic heterocycles. The number of nitrogen functional groups attached to an aromatic ring is 1. The summed E-state index contributed by atoms with van der Waals surface area (Å²) in [4.78, 5) is 0. The quantitative estimate of drug-likeness (QED) is 0.744. The van der Waals surface area contributed by atoms with Crippen LogP contribution in [-0.2, 0) is 7.05 Å². The Kier molecular flexibility index (Phi) is 2.48. The molecule has 0 bridgehead atoms. The molecule has 1 heterocycles. The maximum atomic E-state index is 6.03. The Morgan fingerprint density at radius 2 is 1.93 bits per heavy atom. The molecule has 0 radical (unpaired) electrons. The van der Waals surface area contributed by atoms with Crippen LogP contribution in [0.2, 0.25) is 0 Å². The predicted octanol–water partition coefficient (Wildman–Crippen LogP) is 2.36. The number of aryl methyl sites for hydroxylation is 2. The van der Waals surface area contributed by atoms with Gasteiger partial charge in [-0.1, -0.05) is 19.3 Å². The summed E-state index contributed by atoms with van der Waals surface area (Å²) in [6, 6.07) is 0. The van der Waals surface area contributed by atoms with E-state index in [2.05, 4.69) is 12.0 Å². The normalized spacial score (nSPS) is 18.7. The van der Waals surface area contributed by atoms with Crippen LogP contribution in [0.5, 0.6) is 0 Å². The van der Waals surface area contributed by atoms with Gasteiger partial charge in [0.25, 0.3) is 0 Å². The summed E-state index contributed by atoms with van der Waals surface area (Å²) in [5.41, 5.74) is 8.47. The lowest BCUT2D eigenvalue weighted by Crippen LogP contribution is -2.08. The monoisotopic (exact) mass is 193 g/mol. The van der Waals surface area contributed by atoms with Gasteiger partial charge in [0, 0.05) is 12.6 Å². The van der Waals surface area contributed by atoms with Crippen molar-refractivity contribution in [3.63, 3.8) is 0 Å². The summed E-state index contributed by atoms with van der Waals surface area (Å²) in [6.45, 7) is 2.07. The zero-order valence-corrected chi connectivity index (χ0v) is 9.08. The molecular formula is C11H19N3. The van der Waals surface area contributed by atoms with E-state index in [1.54, 1.807) is 4.68 Å². The van der Waals surface area contributed by atoms with Crippen molar-refractivity contribution in [2.45, 2.75) is 44.9 Å². The fraction of sp³-hybridized carbons (Fsp3) is 0.727. The predicted molar refractivity (Wildman–Crippen MR) is 58.2 cm³/mol. The summed E-state index contributed by atoms with van der Waals surface area (Å²) in [5.74, 6) is 1.53. The van der Waals surface area contributed by atoms with E-state index in [-0.39, 0.29) is 0 Å². The molecule has 2 rings (SSSR count). The van der Waals surface area contributed by atoms with Gasteiger partial charge in [0.1, 0.15) is 5.82 Å². The molecule has 1 aliphatic carbocycles. The Morgan fingerprint density at radius 3 is 2.43 bits per heavy atom. The fourth-order valence-electron chi connectivity index (χ4n) is 2.59. The second kappa shape index (κ2) is 3.64. The Bertz CT molecular complexity index is 322. The molecular weight excluding hydrogens is 174 g/mol. The minimum atomic E-state index is 0.664. The molecule has 1 fully saturated rings. The smallest absolute Gasteiger partial charge is 0.125 e. The lowest BCUT2D eigenvalue weighted by molar-refractivity contribution is 0.443. The van der Waals surface area contributed by atoms with E-state index in [0.717, 1.165) is 11.5 Å². The molecule has 1 aliphatic rings. The third-order valence-corrected chi connectivity index (χ3v) is 3.33. The van der Waals surface area contributed by atoms with E-state index in [9.17, 15) is 0 Å². The summed E-state index contributed by atoms with van der Waals surface area (Å²) in [7, 11) is 1.93. The van der Waals surface area contributed by atoms with Crippen LogP contribution in [0, 0.1) is 6.92 Å². The highest BCUT2D eigenvalue weighted by molar-refractivity contribution is 5.45. The number of nitrogens with two attached hydrogens (primary N) is 1. The molecule has 2 N–H and O–H groups in total. The third kappa shape index (κ3) is 1.51. The first kappa shape index (κ1) is 9.56. The van der Waals surface area contributed by atoms with E-state index in [4.69, 9.17) is 5.73 Å². The SMILES string of the molecule is Cc1nn(C)c(N)c1C1CCCCC1. The average molecular weight is 193 g/mol. The topological polar surface area (TPSA) is 43.8 Å². The maximum Gasteiger partial charge on any atom is 0.125 e. The van der Waals surface area contributed by atoms with Gasteiger partial charge in [-0.2, -0.15) is 5.10 Å². The molecule has 0 aromatic carbocycles. The average Bonchev–Trinajstić information content (AvgIpc) is 2.43. The van der Waals surface area contributed by atoms with E-state index in [0.29, 0.717) is 5.92 Å². The highest BCUT2D eigenvalue weighted by Crippen LogP contribution is 2.36. The van der Waals surface area contributed by atoms with E-state index in [1.807, 2.05) is 7.05 Å². The highest BCUT2D eigenvalue weighted by Gasteiger charge is 2.22. The zero-order valence-electron chi connectivity index (χ0n) is 9.08. The molecule has 0 saturated heterocycles. The first-order valence-corrected chi connectivity index (χ1v) is 5.49. The molecule has 1 aromatic heterocycles. The standard InChI is InChI=1S/C11H19N3/c1-8-10(11(12)14(2)13-8)9-6-4-3-5-7-9/h9H,3-7,12H2,1-2H3. The van der Waals surface area contributed by atoms with Crippen LogP contribution in [0.1, 0.15) is 49.3 Å². The van der Waals surface area contributed by atoms with Crippen LogP contribution in [0.4, 0.5) is 5.82 Å². The molecule has 1 saturated carbocycles. The molecule has 1 aromatic rings. The van der Waals surface area contributed by atoms with Crippen LogP contribution >= 0.6 is 0 Å². The molecule has 78 valence electrons.